The van der Waals surface area contributed by atoms with E-state index in [9.17, 15) is 13.6 Å². The highest BCUT2D eigenvalue weighted by Crippen LogP contribution is 2.54. The molecule has 0 atom stereocenters. The first-order valence-electron chi connectivity index (χ1n) is 15.5. The van der Waals surface area contributed by atoms with Gasteiger partial charge in [0.2, 0.25) is 5.95 Å². The fraction of sp³-hybridized carbons (Fsp3) is 0.645. The van der Waals surface area contributed by atoms with Crippen molar-refractivity contribution < 1.29 is 13.6 Å². The van der Waals surface area contributed by atoms with E-state index in [1.165, 1.54) is 58.0 Å². The van der Waals surface area contributed by atoms with E-state index in [2.05, 4.69) is 35.9 Å². The highest BCUT2D eigenvalue weighted by atomic mass is 32.2. The zero-order chi connectivity index (χ0) is 29.0. The molecule has 226 valence electrons. The molecule has 1 spiro atoms. The molecule has 2 aromatic rings. The number of amides is 1. The van der Waals surface area contributed by atoms with Crippen molar-refractivity contribution in [1.29, 1.82) is 0 Å². The maximum Gasteiger partial charge on any atom is 0.258 e. The number of aromatic nitrogens is 2. The molecule has 2 N–H and O–H groups in total. The molecule has 3 aliphatic heterocycles. The topological polar surface area (TPSA) is 76.6 Å². The van der Waals surface area contributed by atoms with Gasteiger partial charge in [-0.05, 0) is 101 Å². The van der Waals surface area contributed by atoms with Crippen molar-refractivity contribution in [2.45, 2.75) is 75.4 Å². The third-order valence-electron chi connectivity index (χ3n) is 9.88. The molecular formula is C31H41F2N7OS. The second-order valence-electron chi connectivity index (χ2n) is 13.2. The molecule has 1 amide bonds. The van der Waals surface area contributed by atoms with Crippen LogP contribution in [0.2, 0.25) is 0 Å². The van der Waals surface area contributed by atoms with Crippen LogP contribution in [0.15, 0.2) is 24.3 Å². The minimum atomic E-state index is -2.64. The van der Waals surface area contributed by atoms with Crippen molar-refractivity contribution in [2.24, 2.45) is 5.41 Å². The van der Waals surface area contributed by atoms with Crippen LogP contribution < -0.4 is 19.8 Å². The van der Waals surface area contributed by atoms with Gasteiger partial charge in [0.1, 0.15) is 5.82 Å². The smallest absolute Gasteiger partial charge is 0.258 e. The van der Waals surface area contributed by atoms with Gasteiger partial charge in [-0.25, -0.2) is 13.8 Å². The van der Waals surface area contributed by atoms with Gasteiger partial charge in [-0.1, -0.05) is 0 Å². The molecule has 11 heteroatoms. The standard InChI is InChI=1S/C31H41F2N7OS/c1-22-19-26(36-28(34-22)40-17-11-31(32,33)12-18-40)35-27(41)24-4-3-23(37-42-30(7-8-30)21-38-13-2-14-38)20-25(24)39-15-9-29(5-6-29)10-16-39/h3-4,19-20,37H,2,5-18,21H2,1H3,(H,34,35,36,41). The van der Waals surface area contributed by atoms with Crippen molar-refractivity contribution in [3.63, 3.8) is 0 Å². The van der Waals surface area contributed by atoms with Crippen LogP contribution in [0.25, 0.3) is 0 Å². The number of alkyl halides is 2. The molecule has 1 aromatic carbocycles. The molecule has 5 fully saturated rings. The first-order valence-corrected chi connectivity index (χ1v) is 16.4. The zero-order valence-corrected chi connectivity index (χ0v) is 25.2. The number of carbonyl (C=O) groups is 1. The zero-order valence-electron chi connectivity index (χ0n) is 24.4. The molecule has 42 heavy (non-hydrogen) atoms. The molecule has 0 bridgehead atoms. The number of benzene rings is 1. The van der Waals surface area contributed by atoms with Crippen molar-refractivity contribution in [1.82, 2.24) is 14.9 Å². The highest BCUT2D eigenvalue weighted by Gasteiger charge is 2.46. The third kappa shape index (κ3) is 6.18. The summed E-state index contributed by atoms with van der Waals surface area (Å²) in [5.41, 5.74) is 3.81. The first kappa shape index (κ1) is 28.1. The van der Waals surface area contributed by atoms with Crippen LogP contribution in [0.4, 0.5) is 31.9 Å². The Morgan fingerprint density at radius 3 is 2.26 bits per heavy atom. The molecule has 0 unspecified atom stereocenters. The van der Waals surface area contributed by atoms with Crippen molar-refractivity contribution in [2.75, 3.05) is 65.7 Å². The number of hydrogen-bond donors (Lipinski definition) is 2. The van der Waals surface area contributed by atoms with Crippen molar-refractivity contribution >= 4 is 41.0 Å². The molecular weight excluding hydrogens is 556 g/mol. The second-order valence-corrected chi connectivity index (χ2v) is 14.5. The van der Waals surface area contributed by atoms with Crippen molar-refractivity contribution in [3.05, 3.63) is 35.5 Å². The largest absolute Gasteiger partial charge is 0.371 e. The van der Waals surface area contributed by atoms with Gasteiger partial charge >= 0.3 is 0 Å². The number of aryl methyl sites for hydroxylation is 1. The van der Waals surface area contributed by atoms with Gasteiger partial charge in [0.15, 0.2) is 0 Å². The van der Waals surface area contributed by atoms with Crippen LogP contribution >= 0.6 is 11.9 Å². The number of rotatable bonds is 9. The van der Waals surface area contributed by atoms with Gasteiger partial charge < -0.3 is 24.7 Å². The summed E-state index contributed by atoms with van der Waals surface area (Å²) in [4.78, 5) is 29.5. The summed E-state index contributed by atoms with van der Waals surface area (Å²) < 4.78 is 31.4. The third-order valence-corrected chi connectivity index (χ3v) is 11.2. The van der Waals surface area contributed by atoms with Gasteiger partial charge in [-0.3, -0.25) is 4.79 Å². The fourth-order valence-electron chi connectivity index (χ4n) is 6.47. The maximum atomic E-state index is 13.8. The average Bonchev–Trinajstić information content (AvgIpc) is 3.88. The fourth-order valence-corrected chi connectivity index (χ4v) is 7.48. The van der Waals surface area contributed by atoms with Crippen LogP contribution in [0, 0.1) is 12.3 Å². The summed E-state index contributed by atoms with van der Waals surface area (Å²) in [6.07, 6.45) is 8.35. The van der Waals surface area contributed by atoms with Gasteiger partial charge in [-0.2, -0.15) is 4.98 Å². The lowest BCUT2D eigenvalue weighted by Gasteiger charge is -2.35. The number of carbonyl (C=O) groups excluding carboxylic acids is 1. The SMILES string of the molecule is Cc1cc(NC(=O)c2ccc(NSC3(CN4CCC4)CC3)cc2N2CCC3(CC2)CC3)nc(N2CCC(F)(F)CC2)n1. The summed E-state index contributed by atoms with van der Waals surface area (Å²) in [7, 11) is 0. The molecule has 7 rings (SSSR count). The van der Waals surface area contributed by atoms with Gasteiger partial charge in [0, 0.05) is 67.8 Å². The van der Waals surface area contributed by atoms with E-state index >= 15 is 0 Å². The van der Waals surface area contributed by atoms with E-state index in [1.54, 1.807) is 11.0 Å². The quantitative estimate of drug-likeness (QED) is 0.344. The summed E-state index contributed by atoms with van der Waals surface area (Å²) in [5.74, 6) is -2.09. The lowest BCUT2D eigenvalue weighted by molar-refractivity contribution is -0.0222. The molecule has 0 radical (unpaired) electrons. The molecule has 3 saturated heterocycles. The summed E-state index contributed by atoms with van der Waals surface area (Å²) in [6.45, 7) is 7.69. The Labute approximate surface area is 251 Å². The highest BCUT2D eigenvalue weighted by molar-refractivity contribution is 8.02. The number of anilines is 4. The Morgan fingerprint density at radius 1 is 0.905 bits per heavy atom. The number of halogens is 2. The Bertz CT molecular complexity index is 1320. The summed E-state index contributed by atoms with van der Waals surface area (Å²) >= 11 is 1.84. The molecule has 1 aromatic heterocycles. The lowest BCUT2D eigenvalue weighted by Crippen LogP contribution is -2.42. The number of nitrogens with one attached hydrogen (secondary N) is 2. The molecule has 2 saturated carbocycles. The van der Waals surface area contributed by atoms with E-state index in [-0.39, 0.29) is 31.8 Å². The molecule has 2 aliphatic carbocycles. The first-order chi connectivity index (χ1) is 20.2. The van der Waals surface area contributed by atoms with Crippen LogP contribution in [0.3, 0.4) is 0 Å². The minimum absolute atomic E-state index is 0.191. The van der Waals surface area contributed by atoms with Crippen LogP contribution in [-0.2, 0) is 0 Å². The van der Waals surface area contributed by atoms with Crippen LogP contribution in [0.1, 0.15) is 73.8 Å². The summed E-state index contributed by atoms with van der Waals surface area (Å²) in [6, 6.07) is 7.79. The number of likely N-dealkylation sites (tertiary alicyclic amines) is 1. The normalized spacial score (nSPS) is 23.8. The van der Waals surface area contributed by atoms with Gasteiger partial charge in [0.05, 0.1) is 11.3 Å². The van der Waals surface area contributed by atoms with Crippen LogP contribution in [0.5, 0.6) is 0 Å². The van der Waals surface area contributed by atoms with E-state index in [4.69, 9.17) is 0 Å². The number of piperidine rings is 2. The van der Waals surface area contributed by atoms with E-state index in [0.717, 1.165) is 31.0 Å². The van der Waals surface area contributed by atoms with Crippen LogP contribution in [-0.4, -0.2) is 77.3 Å². The Hall–Kier alpha value is -2.66. The number of nitrogens with zero attached hydrogens (tertiary/aromatic N) is 5. The van der Waals surface area contributed by atoms with E-state index in [0.29, 0.717) is 33.2 Å². The number of hydrogen-bond acceptors (Lipinski definition) is 8. The predicted octanol–water partition coefficient (Wildman–Crippen LogP) is 5.95. The van der Waals surface area contributed by atoms with Gasteiger partial charge in [-0.15, -0.1) is 0 Å². The molecule has 5 aliphatic rings. The van der Waals surface area contributed by atoms with Gasteiger partial charge in [0.25, 0.3) is 11.8 Å². The Balaban J connectivity index is 1.08. The van der Waals surface area contributed by atoms with E-state index in [1.807, 2.05) is 31.0 Å². The molecule has 4 heterocycles. The maximum absolute atomic E-state index is 13.8. The monoisotopic (exact) mass is 597 g/mol. The average molecular weight is 598 g/mol. The Kier molecular flexibility index (Phi) is 7.24. The Morgan fingerprint density at radius 2 is 1.62 bits per heavy atom. The molecule has 8 nitrogen and oxygen atoms in total. The minimum Gasteiger partial charge on any atom is -0.371 e. The summed E-state index contributed by atoms with van der Waals surface area (Å²) in [5, 5.41) is 3.00. The van der Waals surface area contributed by atoms with Crippen molar-refractivity contribution in [3.8, 4) is 0 Å². The second kappa shape index (κ2) is 10.8. The van der Waals surface area contributed by atoms with E-state index < -0.39 is 5.92 Å². The lowest BCUT2D eigenvalue weighted by atomic mass is 9.93. The predicted molar refractivity (Wildman–Crippen MR) is 165 cm³/mol.